The van der Waals surface area contributed by atoms with Crippen LogP contribution in [0.3, 0.4) is 0 Å². The molecule has 0 heterocycles. The zero-order chi connectivity index (χ0) is 13.9. The van der Waals surface area contributed by atoms with Crippen molar-refractivity contribution in [1.29, 1.82) is 0 Å². The first kappa shape index (κ1) is 16.0. The highest BCUT2D eigenvalue weighted by molar-refractivity contribution is 4.90. The molecular weight excluding hydrogens is 220 g/mol. The Kier molecular flexibility index (Phi) is 5.25. The summed E-state index contributed by atoms with van der Waals surface area (Å²) in [6, 6.07) is 0. The SMILES string of the molecule is CC(C)(C)CC(C)(C)NCC1(CN)CCCCC1. The molecule has 0 aromatic heterocycles. The predicted molar refractivity (Wildman–Crippen MR) is 80.7 cm³/mol. The van der Waals surface area contributed by atoms with Gasteiger partial charge in [0.1, 0.15) is 0 Å². The molecule has 0 radical (unpaired) electrons. The van der Waals surface area contributed by atoms with Gasteiger partial charge in [-0.2, -0.15) is 0 Å². The summed E-state index contributed by atoms with van der Waals surface area (Å²) >= 11 is 0. The average molecular weight is 254 g/mol. The van der Waals surface area contributed by atoms with Crippen LogP contribution in [0, 0.1) is 10.8 Å². The van der Waals surface area contributed by atoms with Crippen molar-refractivity contribution in [3.05, 3.63) is 0 Å². The molecule has 0 aliphatic heterocycles. The Hall–Kier alpha value is -0.0800. The molecule has 1 aliphatic carbocycles. The molecule has 3 N–H and O–H groups in total. The van der Waals surface area contributed by atoms with Crippen LogP contribution in [0.15, 0.2) is 0 Å². The highest BCUT2D eigenvalue weighted by Crippen LogP contribution is 2.36. The van der Waals surface area contributed by atoms with Gasteiger partial charge in [-0.15, -0.1) is 0 Å². The van der Waals surface area contributed by atoms with Crippen LogP contribution in [0.1, 0.15) is 73.1 Å². The third-order valence-corrected chi connectivity index (χ3v) is 4.26. The fraction of sp³-hybridized carbons (Fsp3) is 1.00. The number of hydrogen-bond donors (Lipinski definition) is 2. The quantitative estimate of drug-likeness (QED) is 0.785. The van der Waals surface area contributed by atoms with Crippen molar-refractivity contribution >= 4 is 0 Å². The third kappa shape index (κ3) is 5.27. The lowest BCUT2D eigenvalue weighted by Gasteiger charge is -2.41. The summed E-state index contributed by atoms with van der Waals surface area (Å²) in [5.41, 5.74) is 7.00. The van der Waals surface area contributed by atoms with Gasteiger partial charge in [0, 0.05) is 12.1 Å². The van der Waals surface area contributed by atoms with Crippen molar-refractivity contribution in [2.45, 2.75) is 78.7 Å². The van der Waals surface area contributed by atoms with Gasteiger partial charge in [0.05, 0.1) is 0 Å². The molecule has 2 nitrogen and oxygen atoms in total. The van der Waals surface area contributed by atoms with Crippen LogP contribution in [-0.2, 0) is 0 Å². The third-order valence-electron chi connectivity index (χ3n) is 4.26. The highest BCUT2D eigenvalue weighted by Gasteiger charge is 2.33. The fourth-order valence-electron chi connectivity index (χ4n) is 3.57. The predicted octanol–water partition coefficient (Wildman–Crippen LogP) is 3.70. The Bertz CT molecular complexity index is 244. The summed E-state index contributed by atoms with van der Waals surface area (Å²) in [4.78, 5) is 0. The van der Waals surface area contributed by atoms with Crippen LogP contribution in [0.4, 0.5) is 0 Å². The van der Waals surface area contributed by atoms with E-state index in [2.05, 4.69) is 39.9 Å². The molecule has 0 spiro atoms. The van der Waals surface area contributed by atoms with E-state index in [1.807, 2.05) is 0 Å². The lowest BCUT2D eigenvalue weighted by molar-refractivity contribution is 0.154. The van der Waals surface area contributed by atoms with Gasteiger partial charge in [0.2, 0.25) is 0 Å². The smallest absolute Gasteiger partial charge is 0.0130 e. The van der Waals surface area contributed by atoms with E-state index in [1.54, 1.807) is 0 Å². The van der Waals surface area contributed by atoms with Crippen molar-refractivity contribution in [3.63, 3.8) is 0 Å². The Morgan fingerprint density at radius 3 is 2.00 bits per heavy atom. The first-order valence-corrected chi connectivity index (χ1v) is 7.63. The van der Waals surface area contributed by atoms with Crippen molar-refractivity contribution in [2.24, 2.45) is 16.6 Å². The molecule has 18 heavy (non-hydrogen) atoms. The number of nitrogens with two attached hydrogens (primary N) is 1. The monoisotopic (exact) mass is 254 g/mol. The summed E-state index contributed by atoms with van der Waals surface area (Å²) in [6.07, 6.45) is 7.93. The second kappa shape index (κ2) is 5.92. The topological polar surface area (TPSA) is 38.0 Å². The van der Waals surface area contributed by atoms with E-state index < -0.39 is 0 Å². The van der Waals surface area contributed by atoms with Crippen molar-refractivity contribution in [3.8, 4) is 0 Å². The maximum absolute atomic E-state index is 6.05. The van der Waals surface area contributed by atoms with Gasteiger partial charge in [-0.25, -0.2) is 0 Å². The largest absolute Gasteiger partial charge is 0.330 e. The van der Waals surface area contributed by atoms with Gasteiger partial charge in [0.25, 0.3) is 0 Å². The van der Waals surface area contributed by atoms with Crippen LogP contribution in [0.2, 0.25) is 0 Å². The maximum Gasteiger partial charge on any atom is 0.0130 e. The van der Waals surface area contributed by atoms with E-state index in [4.69, 9.17) is 5.73 Å². The summed E-state index contributed by atoms with van der Waals surface area (Å²) in [6.45, 7) is 13.5. The molecule has 1 fully saturated rings. The lowest BCUT2D eigenvalue weighted by Crippen LogP contribution is -2.50. The molecule has 0 atom stereocenters. The molecule has 2 heteroatoms. The molecule has 1 aliphatic rings. The van der Waals surface area contributed by atoms with Crippen molar-refractivity contribution in [2.75, 3.05) is 13.1 Å². The van der Waals surface area contributed by atoms with Gasteiger partial charge >= 0.3 is 0 Å². The highest BCUT2D eigenvalue weighted by atomic mass is 15.0. The van der Waals surface area contributed by atoms with Crippen molar-refractivity contribution in [1.82, 2.24) is 5.32 Å². The van der Waals surface area contributed by atoms with E-state index in [9.17, 15) is 0 Å². The van der Waals surface area contributed by atoms with Gasteiger partial charge in [-0.05, 0) is 50.5 Å². The zero-order valence-electron chi connectivity index (χ0n) is 13.2. The molecule has 108 valence electrons. The molecular formula is C16H34N2. The minimum atomic E-state index is 0.206. The van der Waals surface area contributed by atoms with E-state index in [0.29, 0.717) is 10.8 Å². The van der Waals surface area contributed by atoms with E-state index >= 15 is 0 Å². The lowest BCUT2D eigenvalue weighted by atomic mass is 9.73. The second-order valence-corrected chi connectivity index (χ2v) is 8.24. The molecule has 0 saturated heterocycles. The molecule has 0 aromatic carbocycles. The average Bonchev–Trinajstić information content (AvgIpc) is 2.25. The van der Waals surface area contributed by atoms with Gasteiger partial charge < -0.3 is 11.1 Å². The number of hydrogen-bond acceptors (Lipinski definition) is 2. The maximum atomic E-state index is 6.05. The van der Waals surface area contributed by atoms with Crippen LogP contribution in [-0.4, -0.2) is 18.6 Å². The fourth-order valence-corrected chi connectivity index (χ4v) is 3.57. The van der Waals surface area contributed by atoms with Crippen LogP contribution >= 0.6 is 0 Å². The molecule has 1 saturated carbocycles. The number of rotatable bonds is 5. The Balaban J connectivity index is 2.51. The van der Waals surface area contributed by atoms with Gasteiger partial charge in [-0.3, -0.25) is 0 Å². The first-order valence-electron chi connectivity index (χ1n) is 7.63. The number of nitrogens with one attached hydrogen (secondary N) is 1. The molecule has 0 amide bonds. The zero-order valence-corrected chi connectivity index (χ0v) is 13.2. The minimum absolute atomic E-state index is 0.206. The normalized spacial score (nSPS) is 21.0. The van der Waals surface area contributed by atoms with Crippen LogP contribution in [0.25, 0.3) is 0 Å². The first-order chi connectivity index (χ1) is 8.18. The van der Waals surface area contributed by atoms with E-state index in [1.165, 1.54) is 38.5 Å². The Morgan fingerprint density at radius 1 is 1.00 bits per heavy atom. The Labute approximate surface area is 114 Å². The minimum Gasteiger partial charge on any atom is -0.330 e. The Morgan fingerprint density at radius 2 is 1.56 bits per heavy atom. The molecule has 0 aromatic rings. The summed E-state index contributed by atoms with van der Waals surface area (Å²) in [5, 5.41) is 3.80. The van der Waals surface area contributed by atoms with E-state index in [0.717, 1.165) is 13.1 Å². The van der Waals surface area contributed by atoms with Crippen LogP contribution in [0.5, 0.6) is 0 Å². The van der Waals surface area contributed by atoms with Gasteiger partial charge in [0.15, 0.2) is 0 Å². The summed E-state index contributed by atoms with van der Waals surface area (Å²) in [7, 11) is 0. The molecule has 1 rings (SSSR count). The summed E-state index contributed by atoms with van der Waals surface area (Å²) < 4.78 is 0. The summed E-state index contributed by atoms with van der Waals surface area (Å²) in [5.74, 6) is 0. The molecule has 0 unspecified atom stereocenters. The van der Waals surface area contributed by atoms with E-state index in [-0.39, 0.29) is 5.54 Å². The van der Waals surface area contributed by atoms with Crippen LogP contribution < -0.4 is 11.1 Å². The van der Waals surface area contributed by atoms with Gasteiger partial charge in [-0.1, -0.05) is 40.0 Å². The standard InChI is InChI=1S/C16H34N2/c1-14(2,3)11-15(4,5)18-13-16(12-17)9-7-6-8-10-16/h18H,6-13,17H2,1-5H3. The molecule has 0 bridgehead atoms. The van der Waals surface area contributed by atoms with Crippen molar-refractivity contribution < 1.29 is 0 Å². The second-order valence-electron chi connectivity index (χ2n) is 8.24.